The molecule has 6 nitrogen and oxygen atoms in total. The molecule has 0 bridgehead atoms. The van der Waals surface area contributed by atoms with Crippen LogP contribution in [-0.2, 0) is 22.6 Å². The second-order valence-corrected chi connectivity index (χ2v) is 7.50. The Morgan fingerprint density at radius 3 is 2.68 bits per heavy atom. The molecule has 7 heteroatoms. The van der Waals surface area contributed by atoms with Crippen LogP contribution in [0.3, 0.4) is 0 Å². The van der Waals surface area contributed by atoms with Gasteiger partial charge in [-0.15, -0.1) is 0 Å². The van der Waals surface area contributed by atoms with Crippen LogP contribution in [0.2, 0.25) is 5.02 Å². The summed E-state index contributed by atoms with van der Waals surface area (Å²) in [6.45, 7) is 0.378. The number of piperazine rings is 1. The Morgan fingerprint density at radius 2 is 1.86 bits per heavy atom. The number of amides is 2. The smallest absolute Gasteiger partial charge is 0.266 e. The van der Waals surface area contributed by atoms with E-state index in [0.717, 1.165) is 27.7 Å². The van der Waals surface area contributed by atoms with E-state index in [2.05, 4.69) is 10.1 Å². The molecule has 3 aromatic rings. The number of fused-ring (bicyclic) bond motifs is 4. The number of nitrogens with zero attached hydrogens (tertiary/aromatic N) is 3. The highest BCUT2D eigenvalue weighted by Crippen LogP contribution is 2.32. The Bertz CT molecular complexity index is 1120. The standard InChI is InChI=1S/C21H17ClN4O2/c22-14-7-5-13(6-8-14)10-23-26-12-20(27)25-11-18-16(9-19(25)21(26)28)15-3-1-2-4-17(15)24-18/h1-8,10,19,24H,9,11-12H2/b23-10-/t19-/m1/s1. The molecule has 5 rings (SSSR count). The van der Waals surface area contributed by atoms with Crippen LogP contribution in [0.25, 0.3) is 10.9 Å². The molecule has 3 heterocycles. The summed E-state index contributed by atoms with van der Waals surface area (Å²) >= 11 is 5.89. The highest BCUT2D eigenvalue weighted by Gasteiger charge is 2.43. The summed E-state index contributed by atoms with van der Waals surface area (Å²) in [5.41, 5.74) is 3.97. The Balaban J connectivity index is 1.44. The third kappa shape index (κ3) is 2.77. The van der Waals surface area contributed by atoms with Crippen molar-refractivity contribution in [1.82, 2.24) is 14.9 Å². The van der Waals surface area contributed by atoms with E-state index in [1.165, 1.54) is 5.01 Å². The molecule has 2 aromatic carbocycles. The molecular weight excluding hydrogens is 376 g/mol. The lowest BCUT2D eigenvalue weighted by molar-refractivity contribution is -0.157. The van der Waals surface area contributed by atoms with Crippen molar-refractivity contribution in [3.63, 3.8) is 0 Å². The van der Waals surface area contributed by atoms with Gasteiger partial charge < -0.3 is 9.88 Å². The molecule has 28 heavy (non-hydrogen) atoms. The molecule has 0 radical (unpaired) electrons. The third-order valence-electron chi connectivity index (χ3n) is 5.37. The largest absolute Gasteiger partial charge is 0.357 e. The molecule has 0 unspecified atom stereocenters. The van der Waals surface area contributed by atoms with Gasteiger partial charge in [-0.3, -0.25) is 9.59 Å². The quantitative estimate of drug-likeness (QED) is 0.681. The van der Waals surface area contributed by atoms with Crippen LogP contribution in [0.4, 0.5) is 0 Å². The minimum atomic E-state index is -0.518. The number of aromatic nitrogens is 1. The predicted octanol–water partition coefficient (Wildman–Crippen LogP) is 2.95. The van der Waals surface area contributed by atoms with Gasteiger partial charge in [0.05, 0.1) is 12.8 Å². The molecule has 0 aliphatic carbocycles. The second-order valence-electron chi connectivity index (χ2n) is 7.06. The van der Waals surface area contributed by atoms with E-state index in [0.29, 0.717) is 18.0 Å². The SMILES string of the molecule is O=C1[C@H]2Cc3c([nH]c4ccccc34)CN2C(=O)CN1/N=C\c1ccc(Cl)cc1. The van der Waals surface area contributed by atoms with Crippen molar-refractivity contribution in [2.24, 2.45) is 5.10 Å². The minimum absolute atomic E-state index is 0.0466. The molecule has 1 atom stereocenters. The fraction of sp³-hybridized carbons (Fsp3) is 0.190. The zero-order valence-electron chi connectivity index (χ0n) is 14.9. The number of hydrogen-bond acceptors (Lipinski definition) is 3. The second kappa shape index (κ2) is 6.49. The molecule has 1 fully saturated rings. The van der Waals surface area contributed by atoms with Crippen LogP contribution in [0.5, 0.6) is 0 Å². The molecule has 1 N–H and O–H groups in total. The molecule has 2 aliphatic rings. The topological polar surface area (TPSA) is 68.8 Å². The first-order valence-electron chi connectivity index (χ1n) is 9.09. The monoisotopic (exact) mass is 392 g/mol. The average Bonchev–Trinajstić information content (AvgIpc) is 3.07. The van der Waals surface area contributed by atoms with Crippen LogP contribution >= 0.6 is 11.6 Å². The van der Waals surface area contributed by atoms with Crippen molar-refractivity contribution in [2.45, 2.75) is 19.0 Å². The number of para-hydroxylation sites is 1. The summed E-state index contributed by atoms with van der Waals surface area (Å²) in [6, 6.07) is 14.6. The summed E-state index contributed by atoms with van der Waals surface area (Å²) in [5, 5.41) is 7.29. The number of rotatable bonds is 2. The van der Waals surface area contributed by atoms with Crippen molar-refractivity contribution in [2.75, 3.05) is 6.54 Å². The van der Waals surface area contributed by atoms with Crippen LogP contribution in [0, 0.1) is 0 Å². The average molecular weight is 393 g/mol. The van der Waals surface area contributed by atoms with Crippen molar-refractivity contribution in [3.05, 3.63) is 70.4 Å². The fourth-order valence-corrected chi connectivity index (χ4v) is 4.07. The summed E-state index contributed by atoms with van der Waals surface area (Å²) in [4.78, 5) is 30.8. The van der Waals surface area contributed by atoms with Gasteiger partial charge in [0.2, 0.25) is 5.91 Å². The molecule has 1 saturated heterocycles. The summed E-state index contributed by atoms with van der Waals surface area (Å²) in [5.74, 6) is -0.247. The zero-order valence-corrected chi connectivity index (χ0v) is 15.7. The molecule has 2 aliphatic heterocycles. The van der Waals surface area contributed by atoms with E-state index < -0.39 is 6.04 Å². The Morgan fingerprint density at radius 1 is 1.07 bits per heavy atom. The molecule has 140 valence electrons. The van der Waals surface area contributed by atoms with Gasteiger partial charge in [-0.25, -0.2) is 5.01 Å². The highest BCUT2D eigenvalue weighted by molar-refractivity contribution is 6.30. The molecule has 2 amide bonds. The van der Waals surface area contributed by atoms with Gasteiger partial charge in [-0.05, 0) is 29.3 Å². The number of carbonyl (C=O) groups is 2. The first-order chi connectivity index (χ1) is 13.6. The van der Waals surface area contributed by atoms with E-state index in [1.807, 2.05) is 36.4 Å². The van der Waals surface area contributed by atoms with E-state index in [4.69, 9.17) is 11.6 Å². The number of aromatic amines is 1. The van der Waals surface area contributed by atoms with Crippen LogP contribution in [0.1, 0.15) is 16.8 Å². The lowest BCUT2D eigenvalue weighted by Gasteiger charge is -2.40. The highest BCUT2D eigenvalue weighted by atomic mass is 35.5. The number of hydrogen-bond donors (Lipinski definition) is 1. The van der Waals surface area contributed by atoms with Gasteiger partial charge in [-0.2, -0.15) is 5.10 Å². The van der Waals surface area contributed by atoms with E-state index in [-0.39, 0.29) is 18.4 Å². The van der Waals surface area contributed by atoms with Gasteiger partial charge in [-0.1, -0.05) is 41.9 Å². The Kier molecular flexibility index (Phi) is 3.94. The van der Waals surface area contributed by atoms with Crippen molar-refractivity contribution < 1.29 is 9.59 Å². The molecule has 0 spiro atoms. The summed E-state index contributed by atoms with van der Waals surface area (Å²) in [6.07, 6.45) is 2.08. The maximum absolute atomic E-state index is 13.0. The lowest BCUT2D eigenvalue weighted by Crippen LogP contribution is -2.60. The van der Waals surface area contributed by atoms with Gasteiger partial charge in [0.15, 0.2) is 0 Å². The number of nitrogens with one attached hydrogen (secondary N) is 1. The maximum atomic E-state index is 13.0. The minimum Gasteiger partial charge on any atom is -0.357 e. The Hall–Kier alpha value is -3.12. The number of carbonyl (C=O) groups excluding carboxylic acids is 2. The van der Waals surface area contributed by atoms with Crippen molar-refractivity contribution in [1.29, 1.82) is 0 Å². The van der Waals surface area contributed by atoms with Crippen LogP contribution in [0.15, 0.2) is 53.6 Å². The third-order valence-corrected chi connectivity index (χ3v) is 5.62. The van der Waals surface area contributed by atoms with Crippen molar-refractivity contribution >= 4 is 40.5 Å². The molecular formula is C21H17ClN4O2. The first-order valence-corrected chi connectivity index (χ1v) is 9.47. The van der Waals surface area contributed by atoms with Gasteiger partial charge in [0.1, 0.15) is 12.6 Å². The number of H-pyrrole nitrogens is 1. The van der Waals surface area contributed by atoms with Gasteiger partial charge in [0.25, 0.3) is 5.91 Å². The molecule has 1 aromatic heterocycles. The number of hydrazone groups is 1. The summed E-state index contributed by atoms with van der Waals surface area (Å²) in [7, 11) is 0. The van der Waals surface area contributed by atoms with E-state index in [1.54, 1.807) is 23.2 Å². The summed E-state index contributed by atoms with van der Waals surface area (Å²) < 4.78 is 0. The first kappa shape index (κ1) is 17.0. The predicted molar refractivity (Wildman–Crippen MR) is 107 cm³/mol. The molecule has 0 saturated carbocycles. The van der Waals surface area contributed by atoms with E-state index >= 15 is 0 Å². The Labute approximate surface area is 166 Å². The fourth-order valence-electron chi connectivity index (χ4n) is 3.94. The van der Waals surface area contributed by atoms with E-state index in [9.17, 15) is 9.59 Å². The normalized spacial score (nSPS) is 19.4. The van der Waals surface area contributed by atoms with Gasteiger partial charge >= 0.3 is 0 Å². The van der Waals surface area contributed by atoms with Crippen LogP contribution in [-0.4, -0.2) is 45.5 Å². The van der Waals surface area contributed by atoms with Gasteiger partial charge in [0, 0.05) is 28.0 Å². The van der Waals surface area contributed by atoms with Crippen molar-refractivity contribution in [3.8, 4) is 0 Å². The maximum Gasteiger partial charge on any atom is 0.266 e. The number of halogens is 1. The number of benzene rings is 2. The lowest BCUT2D eigenvalue weighted by atomic mass is 9.94. The van der Waals surface area contributed by atoms with Crippen LogP contribution < -0.4 is 0 Å². The zero-order chi connectivity index (χ0) is 19.3.